The number of aryl methyl sites for hydroxylation is 1. The van der Waals surface area contributed by atoms with E-state index in [9.17, 15) is 20.2 Å². The van der Waals surface area contributed by atoms with Crippen LogP contribution in [0.1, 0.15) is 23.1 Å². The number of carbonyl (C=O) groups is 1. The van der Waals surface area contributed by atoms with Crippen LogP contribution in [0.15, 0.2) is 81.2 Å². The van der Waals surface area contributed by atoms with Gasteiger partial charge in [0.1, 0.15) is 24.0 Å². The van der Waals surface area contributed by atoms with E-state index < -0.39 is 10.8 Å². The molecule has 35 heavy (non-hydrogen) atoms. The van der Waals surface area contributed by atoms with E-state index in [0.717, 1.165) is 12.8 Å². The highest BCUT2D eigenvalue weighted by molar-refractivity contribution is 9.11. The lowest BCUT2D eigenvalue weighted by atomic mass is 10.1. The van der Waals surface area contributed by atoms with E-state index in [4.69, 9.17) is 4.74 Å². The maximum Gasteiger partial charge on any atom is 0.269 e. The molecule has 0 saturated heterocycles. The van der Waals surface area contributed by atoms with Gasteiger partial charge in [-0.25, -0.2) is 0 Å². The number of rotatable bonds is 10. The van der Waals surface area contributed by atoms with Crippen molar-refractivity contribution in [1.29, 1.82) is 5.26 Å². The van der Waals surface area contributed by atoms with Gasteiger partial charge in [-0.3, -0.25) is 14.9 Å². The zero-order valence-electron chi connectivity index (χ0n) is 18.5. The number of nitro groups is 1. The Labute approximate surface area is 219 Å². The lowest BCUT2D eigenvalue weighted by Gasteiger charge is -2.12. The molecule has 0 aliphatic carbocycles. The van der Waals surface area contributed by atoms with Crippen molar-refractivity contribution in [1.82, 2.24) is 5.32 Å². The van der Waals surface area contributed by atoms with Crippen LogP contribution in [0.2, 0.25) is 0 Å². The molecule has 3 aromatic carbocycles. The van der Waals surface area contributed by atoms with Crippen molar-refractivity contribution in [3.05, 3.63) is 108 Å². The van der Waals surface area contributed by atoms with Crippen LogP contribution in [0, 0.1) is 21.4 Å². The number of non-ortho nitro benzene ring substituents is 1. The average molecular weight is 599 g/mol. The van der Waals surface area contributed by atoms with Crippen molar-refractivity contribution in [2.45, 2.75) is 19.4 Å². The van der Waals surface area contributed by atoms with Crippen LogP contribution < -0.4 is 10.1 Å². The number of hydrogen-bond donors (Lipinski definition) is 1. The van der Waals surface area contributed by atoms with Gasteiger partial charge in [0.05, 0.1) is 13.9 Å². The molecule has 9 heteroatoms. The van der Waals surface area contributed by atoms with Crippen LogP contribution in [-0.4, -0.2) is 17.4 Å². The zero-order valence-corrected chi connectivity index (χ0v) is 21.7. The van der Waals surface area contributed by atoms with Gasteiger partial charge in [0.15, 0.2) is 0 Å². The monoisotopic (exact) mass is 597 g/mol. The fourth-order valence-corrected chi connectivity index (χ4v) is 4.72. The van der Waals surface area contributed by atoms with E-state index >= 15 is 0 Å². The first-order chi connectivity index (χ1) is 16.9. The predicted octanol–water partition coefficient (Wildman–Crippen LogP) is 6.35. The molecule has 0 aliphatic rings. The quantitative estimate of drug-likeness (QED) is 0.0961. The van der Waals surface area contributed by atoms with E-state index in [-0.39, 0.29) is 17.9 Å². The molecule has 3 rings (SSSR count). The molecule has 1 amide bonds. The van der Waals surface area contributed by atoms with Gasteiger partial charge in [0, 0.05) is 18.7 Å². The molecule has 178 valence electrons. The Balaban J connectivity index is 1.62. The summed E-state index contributed by atoms with van der Waals surface area (Å²) in [6, 6.07) is 21.6. The van der Waals surface area contributed by atoms with Crippen LogP contribution in [0.4, 0.5) is 5.69 Å². The number of benzene rings is 3. The Morgan fingerprint density at radius 2 is 1.74 bits per heavy atom. The van der Waals surface area contributed by atoms with Crippen molar-refractivity contribution in [2.75, 3.05) is 6.54 Å². The molecule has 0 radical (unpaired) electrons. The smallest absolute Gasteiger partial charge is 0.269 e. The summed E-state index contributed by atoms with van der Waals surface area (Å²) in [4.78, 5) is 23.0. The first kappa shape index (κ1) is 26.1. The minimum atomic E-state index is -0.456. The minimum Gasteiger partial charge on any atom is -0.487 e. The molecule has 7 nitrogen and oxygen atoms in total. The van der Waals surface area contributed by atoms with Gasteiger partial charge in [-0.05, 0) is 79.6 Å². The third kappa shape index (κ3) is 7.77. The number of nitrogens with zero attached hydrogens (tertiary/aromatic N) is 2. The summed E-state index contributed by atoms with van der Waals surface area (Å²) in [7, 11) is 0. The lowest BCUT2D eigenvalue weighted by Crippen LogP contribution is -2.25. The third-order valence-electron chi connectivity index (χ3n) is 4.97. The molecule has 0 atom stereocenters. The first-order valence-electron chi connectivity index (χ1n) is 10.7. The normalized spacial score (nSPS) is 10.9. The summed E-state index contributed by atoms with van der Waals surface area (Å²) in [6.07, 6.45) is 3.11. The number of hydrogen-bond acceptors (Lipinski definition) is 5. The number of ether oxygens (including phenoxy) is 1. The van der Waals surface area contributed by atoms with Crippen molar-refractivity contribution < 1.29 is 14.5 Å². The second kappa shape index (κ2) is 12.8. The average Bonchev–Trinajstić information content (AvgIpc) is 2.85. The van der Waals surface area contributed by atoms with Crippen LogP contribution in [0.25, 0.3) is 6.08 Å². The Bertz CT molecular complexity index is 1260. The van der Waals surface area contributed by atoms with E-state index in [1.54, 1.807) is 24.3 Å². The highest BCUT2D eigenvalue weighted by atomic mass is 79.9. The van der Waals surface area contributed by atoms with Gasteiger partial charge in [-0.15, -0.1) is 0 Å². The van der Waals surface area contributed by atoms with Gasteiger partial charge >= 0.3 is 0 Å². The molecular weight excluding hydrogens is 578 g/mol. The molecule has 3 aromatic rings. The molecule has 0 aromatic heterocycles. The van der Waals surface area contributed by atoms with Gasteiger partial charge in [-0.2, -0.15) is 5.26 Å². The van der Waals surface area contributed by atoms with E-state index in [0.29, 0.717) is 32.4 Å². The van der Waals surface area contributed by atoms with Crippen LogP contribution in [0.5, 0.6) is 5.75 Å². The molecule has 0 heterocycles. The number of nitrogens with one attached hydrogen (secondary N) is 1. The van der Waals surface area contributed by atoms with Crippen molar-refractivity contribution in [2.24, 2.45) is 0 Å². The summed E-state index contributed by atoms with van der Waals surface area (Å²) < 4.78 is 7.04. The van der Waals surface area contributed by atoms with Crippen LogP contribution in [0.3, 0.4) is 0 Å². The largest absolute Gasteiger partial charge is 0.487 e. The number of nitriles is 1. The molecule has 0 bridgehead atoms. The summed E-state index contributed by atoms with van der Waals surface area (Å²) in [5, 5.41) is 23.2. The first-order valence-corrected chi connectivity index (χ1v) is 12.2. The highest BCUT2D eigenvalue weighted by Crippen LogP contribution is 2.36. The second-order valence-electron chi connectivity index (χ2n) is 7.54. The van der Waals surface area contributed by atoms with Crippen molar-refractivity contribution in [3.63, 3.8) is 0 Å². The summed E-state index contributed by atoms with van der Waals surface area (Å²) in [5.41, 5.74) is 2.46. The predicted molar refractivity (Wildman–Crippen MR) is 141 cm³/mol. The highest BCUT2D eigenvalue weighted by Gasteiger charge is 2.13. The Kier molecular flexibility index (Phi) is 9.58. The Hall–Kier alpha value is -3.48. The van der Waals surface area contributed by atoms with Crippen molar-refractivity contribution >= 4 is 49.5 Å². The maximum absolute atomic E-state index is 12.5. The SMILES string of the molecule is N#C/C(=C/c1cc(Br)c(OCc2cccc([N+](=O)[O-])c2)c(Br)c1)C(=O)NCCCc1ccccc1. The van der Waals surface area contributed by atoms with Crippen molar-refractivity contribution in [3.8, 4) is 11.8 Å². The standard InChI is InChI=1S/C26H21Br2N3O4/c27-23-14-20(12-21(16-29)26(32)30-11-5-9-18-6-2-1-3-7-18)15-24(28)25(23)35-17-19-8-4-10-22(13-19)31(33)34/h1-4,6-8,10,12-15H,5,9,11,17H2,(H,30,32)/b21-12-. The molecule has 0 saturated carbocycles. The van der Waals surface area contributed by atoms with E-state index in [1.165, 1.54) is 23.8 Å². The minimum absolute atomic E-state index is 0.00576. The van der Waals surface area contributed by atoms with E-state index in [1.807, 2.05) is 36.4 Å². The Morgan fingerprint density at radius 1 is 1.06 bits per heavy atom. The molecule has 0 aliphatic heterocycles. The summed E-state index contributed by atoms with van der Waals surface area (Å²) in [5.74, 6) is 0.0660. The van der Waals surface area contributed by atoms with E-state index in [2.05, 4.69) is 37.2 Å². The topological polar surface area (TPSA) is 105 Å². The van der Waals surface area contributed by atoms with Gasteiger partial charge in [-0.1, -0.05) is 42.5 Å². The number of halogens is 2. The number of carbonyl (C=O) groups excluding carboxylic acids is 1. The maximum atomic E-state index is 12.5. The molecule has 0 spiro atoms. The van der Waals surface area contributed by atoms with Gasteiger partial charge < -0.3 is 10.1 Å². The van der Waals surface area contributed by atoms with Gasteiger partial charge in [0.2, 0.25) is 0 Å². The van der Waals surface area contributed by atoms with Crippen LogP contribution in [-0.2, 0) is 17.8 Å². The third-order valence-corrected chi connectivity index (χ3v) is 6.15. The number of nitro benzene ring substituents is 1. The molecular formula is C26H21Br2N3O4. The molecule has 1 N–H and O–H groups in total. The molecule has 0 unspecified atom stereocenters. The summed E-state index contributed by atoms with van der Waals surface area (Å²) >= 11 is 6.91. The molecule has 0 fully saturated rings. The zero-order chi connectivity index (χ0) is 25.2. The number of amides is 1. The fraction of sp³-hybridized carbons (Fsp3) is 0.154. The fourth-order valence-electron chi connectivity index (χ4n) is 3.27. The van der Waals surface area contributed by atoms with Gasteiger partial charge in [0.25, 0.3) is 11.6 Å². The summed E-state index contributed by atoms with van der Waals surface area (Å²) in [6.45, 7) is 0.591. The second-order valence-corrected chi connectivity index (χ2v) is 9.25. The Morgan fingerprint density at radius 3 is 2.40 bits per heavy atom. The lowest BCUT2D eigenvalue weighted by molar-refractivity contribution is -0.384. The van der Waals surface area contributed by atoms with Crippen LogP contribution >= 0.6 is 31.9 Å².